The molecular weight excluding hydrogens is 228 g/mol. The van der Waals surface area contributed by atoms with E-state index in [2.05, 4.69) is 15.1 Å². The fraction of sp³-hybridized carbons (Fsp3) is 0.444. The summed E-state index contributed by atoms with van der Waals surface area (Å²) < 4.78 is 10.2. The summed E-state index contributed by atoms with van der Waals surface area (Å²) in [5, 5.41) is 3.87. The van der Waals surface area contributed by atoms with Gasteiger partial charge in [0.1, 0.15) is 0 Å². The van der Waals surface area contributed by atoms with Gasteiger partial charge in [0, 0.05) is 19.9 Å². The van der Waals surface area contributed by atoms with Crippen LogP contribution in [0.25, 0.3) is 10.7 Å². The monoisotopic (exact) mass is 240 g/mol. The third kappa shape index (κ3) is 2.43. The molecular formula is C9H12N4O2S. The summed E-state index contributed by atoms with van der Waals surface area (Å²) in [5.74, 6) is 1.09. The summed E-state index contributed by atoms with van der Waals surface area (Å²) in [6, 6.07) is 0. The second kappa shape index (κ2) is 5.15. The van der Waals surface area contributed by atoms with Gasteiger partial charge in [0.15, 0.2) is 0 Å². The van der Waals surface area contributed by atoms with Gasteiger partial charge in [-0.1, -0.05) is 5.16 Å². The summed E-state index contributed by atoms with van der Waals surface area (Å²) in [7, 11) is 1.61. The predicted octanol–water partition coefficient (Wildman–Crippen LogP) is 0.709. The molecule has 2 heterocycles. The van der Waals surface area contributed by atoms with Gasteiger partial charge in [0.25, 0.3) is 0 Å². The molecule has 2 aromatic heterocycles. The molecule has 0 aliphatic carbocycles. The van der Waals surface area contributed by atoms with Crippen molar-refractivity contribution in [3.05, 3.63) is 17.6 Å². The Bertz CT molecular complexity index is 424. The van der Waals surface area contributed by atoms with Gasteiger partial charge in [-0.3, -0.25) is 4.98 Å². The van der Waals surface area contributed by atoms with Crippen LogP contribution >= 0.6 is 11.3 Å². The SMILES string of the molecule is COC(CN)Cc1nc(-c2cncs2)no1. The molecule has 1 atom stereocenters. The van der Waals surface area contributed by atoms with Crippen molar-refractivity contribution in [1.29, 1.82) is 0 Å². The minimum Gasteiger partial charge on any atom is -0.380 e. The van der Waals surface area contributed by atoms with Gasteiger partial charge in [-0.25, -0.2) is 0 Å². The molecule has 0 radical (unpaired) electrons. The Morgan fingerprint density at radius 2 is 2.50 bits per heavy atom. The van der Waals surface area contributed by atoms with Crippen LogP contribution in [-0.2, 0) is 11.2 Å². The van der Waals surface area contributed by atoms with Gasteiger partial charge in [0.2, 0.25) is 11.7 Å². The molecule has 16 heavy (non-hydrogen) atoms. The van der Waals surface area contributed by atoms with E-state index in [-0.39, 0.29) is 6.10 Å². The maximum atomic E-state index is 5.51. The van der Waals surface area contributed by atoms with E-state index >= 15 is 0 Å². The second-order valence-corrected chi connectivity index (χ2v) is 4.06. The van der Waals surface area contributed by atoms with Gasteiger partial charge < -0.3 is 15.0 Å². The lowest BCUT2D eigenvalue weighted by Crippen LogP contribution is -2.24. The maximum absolute atomic E-state index is 5.51. The summed E-state index contributed by atoms with van der Waals surface area (Å²) in [6.45, 7) is 0.425. The van der Waals surface area contributed by atoms with Crippen LogP contribution in [0.15, 0.2) is 16.2 Å². The smallest absolute Gasteiger partial charge is 0.229 e. The Balaban J connectivity index is 2.08. The number of rotatable bonds is 5. The van der Waals surface area contributed by atoms with E-state index in [0.717, 1.165) is 4.88 Å². The molecule has 1 unspecified atom stereocenters. The molecule has 7 heteroatoms. The van der Waals surface area contributed by atoms with Crippen molar-refractivity contribution >= 4 is 11.3 Å². The number of hydrogen-bond acceptors (Lipinski definition) is 7. The summed E-state index contributed by atoms with van der Waals surface area (Å²) in [4.78, 5) is 9.08. The number of nitrogens with zero attached hydrogens (tertiary/aromatic N) is 3. The minimum atomic E-state index is -0.0882. The summed E-state index contributed by atoms with van der Waals surface area (Å²) >= 11 is 1.47. The van der Waals surface area contributed by atoms with E-state index in [1.807, 2.05) is 0 Å². The van der Waals surface area contributed by atoms with E-state index in [9.17, 15) is 0 Å². The molecule has 2 N–H and O–H groups in total. The van der Waals surface area contributed by atoms with Gasteiger partial charge in [-0.05, 0) is 0 Å². The standard InChI is InChI=1S/C9H12N4O2S/c1-14-6(3-10)2-8-12-9(13-15-8)7-4-11-5-16-7/h4-6H,2-3,10H2,1H3. The first kappa shape index (κ1) is 11.2. The minimum absolute atomic E-state index is 0.0882. The Morgan fingerprint density at radius 1 is 1.62 bits per heavy atom. The average Bonchev–Trinajstić information content (AvgIpc) is 2.96. The van der Waals surface area contributed by atoms with Crippen molar-refractivity contribution in [1.82, 2.24) is 15.1 Å². The Hall–Kier alpha value is -1.31. The van der Waals surface area contributed by atoms with Crippen molar-refractivity contribution in [3.8, 4) is 10.7 Å². The number of nitrogens with two attached hydrogens (primary N) is 1. The van der Waals surface area contributed by atoms with Gasteiger partial charge in [0.05, 0.1) is 22.9 Å². The lowest BCUT2D eigenvalue weighted by Gasteiger charge is -2.08. The van der Waals surface area contributed by atoms with Crippen molar-refractivity contribution in [2.45, 2.75) is 12.5 Å². The van der Waals surface area contributed by atoms with Gasteiger partial charge in [-0.15, -0.1) is 11.3 Å². The van der Waals surface area contributed by atoms with Crippen LogP contribution in [-0.4, -0.2) is 34.9 Å². The van der Waals surface area contributed by atoms with E-state index < -0.39 is 0 Å². The van der Waals surface area contributed by atoms with Crippen molar-refractivity contribution in [3.63, 3.8) is 0 Å². The lowest BCUT2D eigenvalue weighted by molar-refractivity contribution is 0.102. The van der Waals surface area contributed by atoms with E-state index in [4.69, 9.17) is 15.0 Å². The number of methoxy groups -OCH3 is 1. The molecule has 2 aromatic rings. The third-order valence-electron chi connectivity index (χ3n) is 2.12. The number of hydrogen-bond donors (Lipinski definition) is 1. The largest absolute Gasteiger partial charge is 0.380 e. The predicted molar refractivity (Wildman–Crippen MR) is 59.0 cm³/mol. The fourth-order valence-electron chi connectivity index (χ4n) is 1.22. The third-order valence-corrected chi connectivity index (χ3v) is 2.89. The Morgan fingerprint density at radius 3 is 3.12 bits per heavy atom. The van der Waals surface area contributed by atoms with Crippen LogP contribution < -0.4 is 5.73 Å². The van der Waals surface area contributed by atoms with Crippen LogP contribution in [0, 0.1) is 0 Å². The van der Waals surface area contributed by atoms with E-state index in [1.165, 1.54) is 11.3 Å². The Kier molecular flexibility index (Phi) is 3.60. The van der Waals surface area contributed by atoms with E-state index in [0.29, 0.717) is 24.7 Å². The molecule has 6 nitrogen and oxygen atoms in total. The molecule has 0 aliphatic heterocycles. The van der Waals surface area contributed by atoms with Crippen molar-refractivity contribution in [2.75, 3.05) is 13.7 Å². The van der Waals surface area contributed by atoms with Crippen LogP contribution in [0.1, 0.15) is 5.89 Å². The molecule has 0 fully saturated rings. The van der Waals surface area contributed by atoms with Gasteiger partial charge >= 0.3 is 0 Å². The zero-order valence-electron chi connectivity index (χ0n) is 8.79. The highest BCUT2D eigenvalue weighted by atomic mass is 32.1. The molecule has 0 bridgehead atoms. The van der Waals surface area contributed by atoms with Crippen LogP contribution in [0.2, 0.25) is 0 Å². The number of ether oxygens (including phenoxy) is 1. The zero-order chi connectivity index (χ0) is 11.4. The van der Waals surface area contributed by atoms with Crippen LogP contribution in [0.4, 0.5) is 0 Å². The molecule has 0 saturated carbocycles. The highest BCUT2D eigenvalue weighted by molar-refractivity contribution is 7.13. The maximum Gasteiger partial charge on any atom is 0.229 e. The van der Waals surface area contributed by atoms with Crippen molar-refractivity contribution < 1.29 is 9.26 Å². The highest BCUT2D eigenvalue weighted by Gasteiger charge is 2.14. The molecule has 86 valence electrons. The topological polar surface area (TPSA) is 87.1 Å². The second-order valence-electron chi connectivity index (χ2n) is 3.17. The number of thiazole rings is 1. The zero-order valence-corrected chi connectivity index (χ0v) is 9.61. The van der Waals surface area contributed by atoms with Crippen LogP contribution in [0.5, 0.6) is 0 Å². The normalized spacial score (nSPS) is 12.9. The Labute approximate surface area is 96.4 Å². The van der Waals surface area contributed by atoms with Gasteiger partial charge in [-0.2, -0.15) is 4.98 Å². The fourth-order valence-corrected chi connectivity index (χ4v) is 1.77. The molecule has 2 rings (SSSR count). The quantitative estimate of drug-likeness (QED) is 0.828. The molecule has 0 amide bonds. The van der Waals surface area contributed by atoms with Crippen molar-refractivity contribution in [2.24, 2.45) is 5.73 Å². The lowest BCUT2D eigenvalue weighted by atomic mass is 10.2. The van der Waals surface area contributed by atoms with Crippen LogP contribution in [0.3, 0.4) is 0 Å². The molecule has 0 aliphatic rings. The van der Waals surface area contributed by atoms with E-state index in [1.54, 1.807) is 18.8 Å². The molecule has 0 aromatic carbocycles. The number of aromatic nitrogens is 3. The first-order valence-corrected chi connectivity index (χ1v) is 5.65. The average molecular weight is 240 g/mol. The summed E-state index contributed by atoms with van der Waals surface area (Å²) in [6.07, 6.45) is 2.14. The summed E-state index contributed by atoms with van der Waals surface area (Å²) in [5.41, 5.74) is 7.24. The first-order valence-electron chi connectivity index (χ1n) is 4.77. The molecule has 0 spiro atoms. The molecule has 0 saturated heterocycles. The first-order chi connectivity index (χ1) is 7.83. The highest BCUT2D eigenvalue weighted by Crippen LogP contribution is 2.19.